The fourth-order valence-electron chi connectivity index (χ4n) is 1.67. The van der Waals surface area contributed by atoms with Crippen molar-refractivity contribution in [2.45, 2.75) is 20.8 Å². The molecule has 17 heavy (non-hydrogen) atoms. The Morgan fingerprint density at radius 1 is 1.18 bits per heavy atom. The van der Waals surface area contributed by atoms with Gasteiger partial charge in [-0.2, -0.15) is 0 Å². The summed E-state index contributed by atoms with van der Waals surface area (Å²) in [6.45, 7) is 5.61. The van der Waals surface area contributed by atoms with Gasteiger partial charge in [0.25, 0.3) is 0 Å². The van der Waals surface area contributed by atoms with Crippen molar-refractivity contribution in [1.29, 1.82) is 0 Å². The van der Waals surface area contributed by atoms with E-state index in [0.717, 1.165) is 10.5 Å². The first-order valence-corrected chi connectivity index (χ1v) is 5.50. The van der Waals surface area contributed by atoms with Crippen LogP contribution in [0.2, 0.25) is 0 Å². The van der Waals surface area contributed by atoms with Gasteiger partial charge in [0.05, 0.1) is 11.1 Å². The summed E-state index contributed by atoms with van der Waals surface area (Å²) in [7, 11) is 0. The van der Waals surface area contributed by atoms with Crippen LogP contribution >= 0.6 is 0 Å². The summed E-state index contributed by atoms with van der Waals surface area (Å²) in [5.74, 6) is -0.224. The molecule has 1 aliphatic heterocycles. The highest BCUT2D eigenvalue weighted by Gasteiger charge is 2.42. The van der Waals surface area contributed by atoms with Gasteiger partial charge in [0.1, 0.15) is 6.61 Å². The monoisotopic (exact) mass is 233 g/mol. The number of cyclic esters (lactones) is 1. The zero-order valence-corrected chi connectivity index (χ0v) is 10.2. The average molecular weight is 233 g/mol. The molecular formula is C13H15NO3. The average Bonchev–Trinajstić information content (AvgIpc) is 2.28. The highest BCUT2D eigenvalue weighted by atomic mass is 16.6. The molecule has 4 heteroatoms. The number of nitrogens with zero attached hydrogens (tertiary/aromatic N) is 1. The zero-order chi connectivity index (χ0) is 12.6. The second kappa shape index (κ2) is 3.87. The van der Waals surface area contributed by atoms with Crippen LogP contribution in [0.1, 0.15) is 19.4 Å². The molecule has 0 aromatic heterocycles. The van der Waals surface area contributed by atoms with Crippen molar-refractivity contribution in [2.75, 3.05) is 11.5 Å². The minimum Gasteiger partial charge on any atom is -0.448 e. The first kappa shape index (κ1) is 11.6. The maximum Gasteiger partial charge on any atom is 0.421 e. The molecule has 0 atom stereocenters. The van der Waals surface area contributed by atoms with E-state index >= 15 is 0 Å². The molecule has 0 spiro atoms. The number of aryl methyl sites for hydroxylation is 1. The Morgan fingerprint density at radius 3 is 2.35 bits per heavy atom. The van der Waals surface area contributed by atoms with E-state index in [-0.39, 0.29) is 12.5 Å². The number of hydrogen-bond acceptors (Lipinski definition) is 3. The fraction of sp³-hybridized carbons (Fsp3) is 0.385. The Bertz CT molecular complexity index is 462. The van der Waals surface area contributed by atoms with Gasteiger partial charge >= 0.3 is 6.09 Å². The van der Waals surface area contributed by atoms with Crippen molar-refractivity contribution in [1.82, 2.24) is 0 Å². The third-order valence-electron chi connectivity index (χ3n) is 2.81. The predicted molar refractivity (Wildman–Crippen MR) is 63.8 cm³/mol. The summed E-state index contributed by atoms with van der Waals surface area (Å²) in [5, 5.41) is 0. The van der Waals surface area contributed by atoms with Crippen molar-refractivity contribution in [3.05, 3.63) is 29.8 Å². The molecule has 0 radical (unpaired) electrons. The molecule has 0 aliphatic carbocycles. The fourth-order valence-corrected chi connectivity index (χ4v) is 1.67. The lowest BCUT2D eigenvalue weighted by molar-refractivity contribution is -0.130. The molecular weight excluding hydrogens is 218 g/mol. The molecule has 4 nitrogen and oxygen atoms in total. The van der Waals surface area contributed by atoms with E-state index in [1.165, 1.54) is 0 Å². The number of carbonyl (C=O) groups is 2. The molecule has 90 valence electrons. The Hall–Kier alpha value is -1.84. The van der Waals surface area contributed by atoms with Crippen LogP contribution in [0.3, 0.4) is 0 Å². The molecule has 0 bridgehead atoms. The third kappa shape index (κ3) is 2.02. The van der Waals surface area contributed by atoms with Crippen LogP contribution in [-0.2, 0) is 9.53 Å². The maximum absolute atomic E-state index is 12.2. The largest absolute Gasteiger partial charge is 0.448 e. The second-order valence-electron chi connectivity index (χ2n) is 4.91. The smallest absolute Gasteiger partial charge is 0.421 e. The van der Waals surface area contributed by atoms with Crippen LogP contribution in [0.25, 0.3) is 0 Å². The predicted octanol–water partition coefficient (Wildman–Crippen LogP) is 2.50. The summed E-state index contributed by atoms with van der Waals surface area (Å²) >= 11 is 0. The Balaban J connectivity index is 2.38. The molecule has 2 rings (SSSR count). The van der Waals surface area contributed by atoms with E-state index in [9.17, 15) is 9.59 Å². The van der Waals surface area contributed by atoms with Crippen molar-refractivity contribution in [3.63, 3.8) is 0 Å². The minimum absolute atomic E-state index is 0.132. The Kier molecular flexibility index (Phi) is 2.65. The van der Waals surface area contributed by atoms with Crippen LogP contribution in [0.5, 0.6) is 0 Å². The number of amides is 2. The zero-order valence-electron chi connectivity index (χ0n) is 10.2. The lowest BCUT2D eigenvalue weighted by Crippen LogP contribution is -2.52. The van der Waals surface area contributed by atoms with E-state index in [0.29, 0.717) is 5.69 Å². The van der Waals surface area contributed by atoms with Crippen LogP contribution in [0.4, 0.5) is 10.5 Å². The Morgan fingerprint density at radius 2 is 1.76 bits per heavy atom. The van der Waals surface area contributed by atoms with Crippen LogP contribution in [0, 0.1) is 12.3 Å². The molecule has 1 aromatic carbocycles. The van der Waals surface area contributed by atoms with Gasteiger partial charge in [0, 0.05) is 0 Å². The van der Waals surface area contributed by atoms with E-state index in [1.807, 2.05) is 19.1 Å². The summed E-state index contributed by atoms with van der Waals surface area (Å²) in [6, 6.07) is 7.21. The van der Waals surface area contributed by atoms with Crippen molar-refractivity contribution in [3.8, 4) is 0 Å². The van der Waals surface area contributed by atoms with E-state index in [1.54, 1.807) is 26.0 Å². The standard InChI is InChI=1S/C13H15NO3/c1-9-4-6-10(7-5-9)14-11(15)13(2,3)8-17-12(14)16/h4-7H,8H2,1-3H3. The van der Waals surface area contributed by atoms with Gasteiger partial charge in [0.2, 0.25) is 5.91 Å². The maximum atomic E-state index is 12.2. The number of carbonyl (C=O) groups excluding carboxylic acids is 2. The quantitative estimate of drug-likeness (QED) is 0.748. The van der Waals surface area contributed by atoms with Crippen molar-refractivity contribution < 1.29 is 14.3 Å². The molecule has 1 aliphatic rings. The van der Waals surface area contributed by atoms with Gasteiger partial charge in [-0.3, -0.25) is 4.79 Å². The van der Waals surface area contributed by atoms with Gasteiger partial charge in [-0.15, -0.1) is 0 Å². The van der Waals surface area contributed by atoms with Crippen LogP contribution < -0.4 is 4.90 Å². The number of hydrogen-bond donors (Lipinski definition) is 0. The molecule has 1 fully saturated rings. The number of imide groups is 1. The summed E-state index contributed by atoms with van der Waals surface area (Å²) in [5.41, 5.74) is 0.961. The van der Waals surface area contributed by atoms with E-state index < -0.39 is 11.5 Å². The van der Waals surface area contributed by atoms with Crippen LogP contribution in [-0.4, -0.2) is 18.6 Å². The highest BCUT2D eigenvalue weighted by molar-refractivity contribution is 6.15. The van der Waals surface area contributed by atoms with Gasteiger partial charge in [0.15, 0.2) is 0 Å². The first-order valence-electron chi connectivity index (χ1n) is 5.50. The number of rotatable bonds is 1. The van der Waals surface area contributed by atoms with Crippen molar-refractivity contribution >= 4 is 17.7 Å². The third-order valence-corrected chi connectivity index (χ3v) is 2.81. The summed E-state index contributed by atoms with van der Waals surface area (Å²) in [6.07, 6.45) is -0.599. The molecule has 1 heterocycles. The molecule has 0 saturated carbocycles. The van der Waals surface area contributed by atoms with E-state index in [4.69, 9.17) is 4.74 Å². The van der Waals surface area contributed by atoms with Gasteiger partial charge < -0.3 is 4.74 Å². The summed E-state index contributed by atoms with van der Waals surface area (Å²) < 4.78 is 5.03. The summed E-state index contributed by atoms with van der Waals surface area (Å²) in [4.78, 5) is 24.9. The van der Waals surface area contributed by atoms with Gasteiger partial charge in [-0.05, 0) is 32.9 Å². The lowest BCUT2D eigenvalue weighted by atomic mass is 9.91. The topological polar surface area (TPSA) is 46.6 Å². The normalized spacial score (nSPS) is 19.1. The molecule has 0 unspecified atom stereocenters. The lowest BCUT2D eigenvalue weighted by Gasteiger charge is -2.34. The molecule has 1 aromatic rings. The number of ether oxygens (including phenoxy) is 1. The van der Waals surface area contributed by atoms with Crippen LogP contribution in [0.15, 0.2) is 24.3 Å². The number of benzene rings is 1. The number of anilines is 1. The Labute approximate surface area is 100 Å². The van der Waals surface area contributed by atoms with Crippen molar-refractivity contribution in [2.24, 2.45) is 5.41 Å². The second-order valence-corrected chi connectivity index (χ2v) is 4.91. The molecule has 0 N–H and O–H groups in total. The van der Waals surface area contributed by atoms with Gasteiger partial charge in [-0.25, -0.2) is 9.69 Å². The van der Waals surface area contributed by atoms with E-state index in [2.05, 4.69) is 0 Å². The molecule has 2 amide bonds. The molecule has 1 saturated heterocycles. The first-order chi connectivity index (χ1) is 7.92. The van der Waals surface area contributed by atoms with Gasteiger partial charge in [-0.1, -0.05) is 17.7 Å². The SMILES string of the molecule is Cc1ccc(N2C(=O)OCC(C)(C)C2=O)cc1. The minimum atomic E-state index is -0.668. The highest BCUT2D eigenvalue weighted by Crippen LogP contribution is 2.29.